The fourth-order valence-corrected chi connectivity index (χ4v) is 2.92. The van der Waals surface area contributed by atoms with Crippen molar-refractivity contribution in [2.45, 2.75) is 4.90 Å². The van der Waals surface area contributed by atoms with E-state index >= 15 is 0 Å². The van der Waals surface area contributed by atoms with E-state index in [2.05, 4.69) is 9.93 Å². The van der Waals surface area contributed by atoms with Gasteiger partial charge in [-0.1, -0.05) is 60.7 Å². The number of hydrazone groups is 1. The van der Waals surface area contributed by atoms with Gasteiger partial charge < -0.3 is 0 Å². The minimum absolute atomic E-state index is 0.191. The number of nitrogens with zero attached hydrogens (tertiary/aromatic N) is 1. The van der Waals surface area contributed by atoms with Gasteiger partial charge in [-0.3, -0.25) is 0 Å². The van der Waals surface area contributed by atoms with Crippen molar-refractivity contribution in [3.05, 3.63) is 78.4 Å². The van der Waals surface area contributed by atoms with Gasteiger partial charge in [-0.15, -0.1) is 0 Å². The average Bonchev–Trinajstić information content (AvgIpc) is 2.55. The molecule has 0 unspecified atom stereocenters. The topological polar surface area (TPSA) is 58.5 Å². The molecule has 0 atom stereocenters. The van der Waals surface area contributed by atoms with Crippen LogP contribution in [0, 0.1) is 0 Å². The summed E-state index contributed by atoms with van der Waals surface area (Å²) >= 11 is 0. The summed E-state index contributed by atoms with van der Waals surface area (Å²) in [6.45, 7) is 0. The van der Waals surface area contributed by atoms with E-state index in [0.29, 0.717) is 0 Å². The van der Waals surface area contributed by atoms with Gasteiger partial charge in [0, 0.05) is 0 Å². The van der Waals surface area contributed by atoms with Crippen molar-refractivity contribution in [3.63, 3.8) is 0 Å². The van der Waals surface area contributed by atoms with Crippen LogP contribution in [0.5, 0.6) is 0 Å². The molecule has 1 N–H and O–H groups in total. The van der Waals surface area contributed by atoms with Crippen LogP contribution in [0.1, 0.15) is 5.56 Å². The van der Waals surface area contributed by atoms with Crippen LogP contribution in [-0.4, -0.2) is 14.6 Å². The first kappa shape index (κ1) is 14.3. The second-order valence-corrected chi connectivity index (χ2v) is 6.43. The molecule has 3 aromatic rings. The Balaban J connectivity index is 1.83. The molecule has 0 saturated carbocycles. The van der Waals surface area contributed by atoms with Crippen molar-refractivity contribution < 1.29 is 8.42 Å². The molecule has 110 valence electrons. The highest BCUT2D eigenvalue weighted by Crippen LogP contribution is 2.18. The fourth-order valence-electron chi connectivity index (χ4n) is 2.10. The van der Waals surface area contributed by atoms with Gasteiger partial charge in [0.15, 0.2) is 0 Å². The van der Waals surface area contributed by atoms with Crippen molar-refractivity contribution in [1.29, 1.82) is 0 Å². The van der Waals surface area contributed by atoms with Gasteiger partial charge in [-0.25, -0.2) is 4.83 Å². The van der Waals surface area contributed by atoms with Gasteiger partial charge in [0.25, 0.3) is 10.0 Å². The highest BCUT2D eigenvalue weighted by molar-refractivity contribution is 7.89. The summed E-state index contributed by atoms with van der Waals surface area (Å²) in [6.07, 6.45) is 1.47. The molecular weight excluding hydrogens is 296 g/mol. The Morgan fingerprint density at radius 1 is 0.818 bits per heavy atom. The Bertz CT molecular complexity index is 920. The molecule has 0 fully saturated rings. The van der Waals surface area contributed by atoms with Crippen LogP contribution in [0.2, 0.25) is 0 Å². The highest BCUT2D eigenvalue weighted by Gasteiger charge is 2.12. The lowest BCUT2D eigenvalue weighted by atomic mass is 10.1. The molecule has 5 heteroatoms. The molecule has 22 heavy (non-hydrogen) atoms. The first-order valence-corrected chi connectivity index (χ1v) is 8.22. The molecule has 3 aromatic carbocycles. The molecular formula is C17H14N2O2S. The van der Waals surface area contributed by atoms with Crippen LogP contribution in [-0.2, 0) is 10.0 Å². The molecule has 0 amide bonds. The fraction of sp³-hybridized carbons (Fsp3) is 0. The van der Waals surface area contributed by atoms with Crippen LogP contribution >= 0.6 is 0 Å². The zero-order valence-corrected chi connectivity index (χ0v) is 12.5. The lowest BCUT2D eigenvalue weighted by Crippen LogP contribution is -2.18. The monoisotopic (exact) mass is 310 g/mol. The lowest BCUT2D eigenvalue weighted by molar-refractivity contribution is 0.585. The summed E-state index contributed by atoms with van der Waals surface area (Å²) in [7, 11) is -3.67. The largest absolute Gasteiger partial charge is 0.276 e. The molecule has 0 aliphatic rings. The summed E-state index contributed by atoms with van der Waals surface area (Å²) in [6, 6.07) is 21.9. The third-order valence-electron chi connectivity index (χ3n) is 3.22. The van der Waals surface area contributed by atoms with Gasteiger partial charge >= 0.3 is 0 Å². The van der Waals surface area contributed by atoms with Crippen LogP contribution in [0.3, 0.4) is 0 Å². The number of rotatable bonds is 4. The third kappa shape index (κ3) is 3.15. The van der Waals surface area contributed by atoms with Crippen molar-refractivity contribution >= 4 is 27.0 Å². The van der Waals surface area contributed by atoms with E-state index in [1.807, 2.05) is 54.6 Å². The SMILES string of the molecule is O=S(=O)(N/N=C\c1ccccc1)c1ccc2ccccc2c1. The standard InChI is InChI=1S/C17H14N2O2S/c20-22(21,19-18-13-14-6-2-1-3-7-14)17-11-10-15-8-4-5-9-16(15)12-17/h1-13,19H/b18-13-. The minimum Gasteiger partial charge on any atom is -0.200 e. The number of benzene rings is 3. The van der Waals surface area contributed by atoms with Crippen molar-refractivity contribution in [2.75, 3.05) is 0 Å². The maximum absolute atomic E-state index is 12.2. The molecule has 0 radical (unpaired) electrons. The van der Waals surface area contributed by atoms with Gasteiger partial charge in [0.1, 0.15) is 0 Å². The summed E-state index contributed by atoms with van der Waals surface area (Å²) in [5.74, 6) is 0. The van der Waals surface area contributed by atoms with E-state index in [-0.39, 0.29) is 4.90 Å². The Hall–Kier alpha value is -2.66. The maximum atomic E-state index is 12.2. The molecule has 0 heterocycles. The summed E-state index contributed by atoms with van der Waals surface area (Å²) < 4.78 is 24.5. The number of hydrogen-bond donors (Lipinski definition) is 1. The third-order valence-corrected chi connectivity index (χ3v) is 4.44. The quantitative estimate of drug-likeness (QED) is 0.594. The van der Waals surface area contributed by atoms with E-state index < -0.39 is 10.0 Å². The van der Waals surface area contributed by atoms with Crippen LogP contribution < -0.4 is 4.83 Å². The smallest absolute Gasteiger partial charge is 0.200 e. The van der Waals surface area contributed by atoms with Gasteiger partial charge in [0.2, 0.25) is 0 Å². The van der Waals surface area contributed by atoms with E-state index in [0.717, 1.165) is 16.3 Å². The molecule has 4 nitrogen and oxygen atoms in total. The number of fused-ring (bicyclic) bond motifs is 1. The number of nitrogens with one attached hydrogen (secondary N) is 1. The van der Waals surface area contributed by atoms with Crippen molar-refractivity contribution in [1.82, 2.24) is 4.83 Å². The molecule has 0 saturated heterocycles. The Morgan fingerprint density at radius 3 is 2.27 bits per heavy atom. The zero-order valence-electron chi connectivity index (χ0n) is 11.7. The van der Waals surface area contributed by atoms with E-state index in [1.54, 1.807) is 18.2 Å². The Kier molecular flexibility index (Phi) is 3.89. The number of hydrogen-bond acceptors (Lipinski definition) is 3. The highest BCUT2D eigenvalue weighted by atomic mass is 32.2. The van der Waals surface area contributed by atoms with Crippen molar-refractivity contribution in [3.8, 4) is 0 Å². The molecule has 0 bridgehead atoms. The average molecular weight is 310 g/mol. The second-order valence-electron chi connectivity index (χ2n) is 4.77. The minimum atomic E-state index is -3.67. The molecule has 0 aromatic heterocycles. The zero-order chi connectivity index (χ0) is 15.4. The van der Waals surface area contributed by atoms with Crippen LogP contribution in [0.4, 0.5) is 0 Å². The summed E-state index contributed by atoms with van der Waals surface area (Å²) in [4.78, 5) is 2.42. The van der Waals surface area contributed by atoms with Crippen molar-refractivity contribution in [2.24, 2.45) is 5.10 Å². The second kappa shape index (κ2) is 5.99. The normalized spacial score (nSPS) is 11.8. The van der Waals surface area contributed by atoms with Crippen LogP contribution in [0.15, 0.2) is 82.8 Å². The van der Waals surface area contributed by atoms with E-state index in [1.165, 1.54) is 6.21 Å². The van der Waals surface area contributed by atoms with E-state index in [9.17, 15) is 8.42 Å². The first-order valence-electron chi connectivity index (χ1n) is 6.74. The lowest BCUT2D eigenvalue weighted by Gasteiger charge is -2.05. The predicted molar refractivity (Wildman–Crippen MR) is 88.3 cm³/mol. The molecule has 3 rings (SSSR count). The summed E-state index contributed by atoms with van der Waals surface area (Å²) in [5, 5.41) is 5.67. The number of sulfonamides is 1. The predicted octanol–water partition coefficient (Wildman–Crippen LogP) is 3.15. The Labute approximate surface area is 129 Å². The summed E-state index contributed by atoms with van der Waals surface area (Å²) in [5.41, 5.74) is 0.823. The van der Waals surface area contributed by atoms with E-state index in [4.69, 9.17) is 0 Å². The molecule has 0 aliphatic carbocycles. The first-order chi connectivity index (χ1) is 10.6. The maximum Gasteiger partial charge on any atom is 0.276 e. The Morgan fingerprint density at radius 2 is 1.50 bits per heavy atom. The van der Waals surface area contributed by atoms with Gasteiger partial charge in [0.05, 0.1) is 11.1 Å². The molecule has 0 spiro atoms. The van der Waals surface area contributed by atoms with Gasteiger partial charge in [-0.2, -0.15) is 13.5 Å². The molecule has 0 aliphatic heterocycles. The van der Waals surface area contributed by atoms with Gasteiger partial charge in [-0.05, 0) is 28.5 Å². The van der Waals surface area contributed by atoms with Crippen LogP contribution in [0.25, 0.3) is 10.8 Å².